The number of aliphatic carboxylic acids is 2. The van der Waals surface area contributed by atoms with E-state index in [0.29, 0.717) is 17.7 Å². The summed E-state index contributed by atoms with van der Waals surface area (Å²) in [6.45, 7) is 3.80. The van der Waals surface area contributed by atoms with Gasteiger partial charge in [-0.25, -0.2) is 9.78 Å². The molecule has 4 atom stereocenters. The van der Waals surface area contributed by atoms with Crippen LogP contribution >= 0.6 is 0 Å². The van der Waals surface area contributed by atoms with Gasteiger partial charge in [0.2, 0.25) is 17.7 Å². The van der Waals surface area contributed by atoms with Crippen molar-refractivity contribution in [2.45, 2.75) is 70.1 Å². The predicted octanol–water partition coefficient (Wildman–Crippen LogP) is -0.0279. The van der Waals surface area contributed by atoms with E-state index in [9.17, 15) is 29.1 Å². The Morgan fingerprint density at radius 1 is 0.897 bits per heavy atom. The minimum Gasteiger partial charge on any atom is -0.481 e. The summed E-state index contributed by atoms with van der Waals surface area (Å²) in [5.74, 6) is -4.56. The fourth-order valence-corrected chi connectivity index (χ4v) is 3.85. The minimum atomic E-state index is -1.38. The molecule has 2 aromatic rings. The number of H-pyrrole nitrogens is 1. The number of aromatic amines is 1. The number of hydrogen-bond acceptors (Lipinski definition) is 7. The van der Waals surface area contributed by atoms with Gasteiger partial charge >= 0.3 is 11.9 Å². The van der Waals surface area contributed by atoms with Crippen molar-refractivity contribution in [1.29, 1.82) is 0 Å². The molecule has 0 fully saturated rings. The number of amides is 3. The third kappa shape index (κ3) is 10.9. The largest absolute Gasteiger partial charge is 0.481 e. The maximum Gasteiger partial charge on any atom is 0.326 e. The molecule has 0 spiro atoms. The molecule has 0 saturated carbocycles. The van der Waals surface area contributed by atoms with Crippen molar-refractivity contribution < 1.29 is 34.2 Å². The highest BCUT2D eigenvalue weighted by Gasteiger charge is 2.31. The van der Waals surface area contributed by atoms with E-state index in [2.05, 4.69) is 25.9 Å². The van der Waals surface area contributed by atoms with Gasteiger partial charge in [-0.2, -0.15) is 0 Å². The molecule has 1 heterocycles. The van der Waals surface area contributed by atoms with E-state index < -0.39 is 60.2 Å². The monoisotopic (exact) mass is 544 g/mol. The molecule has 2 rings (SSSR count). The molecule has 4 unspecified atom stereocenters. The van der Waals surface area contributed by atoms with Crippen molar-refractivity contribution in [1.82, 2.24) is 25.9 Å². The number of nitrogens with two attached hydrogens (primary N) is 1. The lowest BCUT2D eigenvalue weighted by Crippen LogP contribution is -2.58. The number of carboxylic acid groups (broad SMARTS) is 2. The lowest BCUT2D eigenvalue weighted by atomic mass is 10.0. The molecule has 1 aromatic heterocycles. The molecule has 8 N–H and O–H groups in total. The fraction of sp³-hybridized carbons (Fsp3) is 0.462. The Labute approximate surface area is 226 Å². The maximum absolute atomic E-state index is 13.3. The molecule has 0 bridgehead atoms. The molecule has 0 aliphatic carbocycles. The first kappa shape index (κ1) is 31.0. The zero-order valence-corrected chi connectivity index (χ0v) is 21.9. The lowest BCUT2D eigenvalue weighted by molar-refractivity contribution is -0.143. The smallest absolute Gasteiger partial charge is 0.326 e. The van der Waals surface area contributed by atoms with Crippen molar-refractivity contribution >= 4 is 29.7 Å². The number of benzene rings is 1. The van der Waals surface area contributed by atoms with Gasteiger partial charge in [-0.1, -0.05) is 44.2 Å². The Bertz CT molecular complexity index is 1110. The fourth-order valence-electron chi connectivity index (χ4n) is 3.85. The van der Waals surface area contributed by atoms with Crippen LogP contribution in [0.25, 0.3) is 0 Å². The zero-order chi connectivity index (χ0) is 28.9. The first-order chi connectivity index (χ1) is 18.5. The lowest BCUT2D eigenvalue weighted by Gasteiger charge is -2.25. The molecule has 0 saturated heterocycles. The zero-order valence-electron chi connectivity index (χ0n) is 21.9. The summed E-state index contributed by atoms with van der Waals surface area (Å²) in [4.78, 5) is 68.8. The average molecular weight is 545 g/mol. The maximum atomic E-state index is 13.3. The van der Waals surface area contributed by atoms with Crippen LogP contribution in [0.3, 0.4) is 0 Å². The average Bonchev–Trinajstić information content (AvgIpc) is 3.38. The summed E-state index contributed by atoms with van der Waals surface area (Å²) in [7, 11) is 0. The quantitative estimate of drug-likeness (QED) is 0.151. The molecule has 39 heavy (non-hydrogen) atoms. The van der Waals surface area contributed by atoms with E-state index in [-0.39, 0.29) is 25.2 Å². The summed E-state index contributed by atoms with van der Waals surface area (Å²) in [5.41, 5.74) is 7.15. The molecular weight excluding hydrogens is 508 g/mol. The van der Waals surface area contributed by atoms with Gasteiger partial charge in [-0.3, -0.25) is 19.2 Å². The first-order valence-corrected chi connectivity index (χ1v) is 12.6. The molecule has 0 aliphatic rings. The van der Waals surface area contributed by atoms with Crippen molar-refractivity contribution in [2.24, 2.45) is 11.7 Å². The van der Waals surface area contributed by atoms with Crippen LogP contribution in [0.1, 0.15) is 44.4 Å². The van der Waals surface area contributed by atoms with Crippen molar-refractivity contribution in [3.63, 3.8) is 0 Å². The molecule has 13 nitrogen and oxygen atoms in total. The molecule has 3 amide bonds. The Morgan fingerprint density at radius 3 is 2.08 bits per heavy atom. The van der Waals surface area contributed by atoms with Crippen molar-refractivity contribution in [2.75, 3.05) is 0 Å². The topological polar surface area (TPSA) is 217 Å². The Balaban J connectivity index is 2.20. The first-order valence-electron chi connectivity index (χ1n) is 12.6. The van der Waals surface area contributed by atoms with Crippen LogP contribution in [0.5, 0.6) is 0 Å². The molecule has 212 valence electrons. The van der Waals surface area contributed by atoms with Crippen LogP contribution in [-0.2, 0) is 36.8 Å². The Kier molecular flexibility index (Phi) is 12.1. The molecule has 1 aromatic carbocycles. The van der Waals surface area contributed by atoms with Gasteiger partial charge in [0.05, 0.1) is 12.4 Å². The van der Waals surface area contributed by atoms with E-state index in [1.54, 1.807) is 30.3 Å². The third-order valence-corrected chi connectivity index (χ3v) is 5.85. The van der Waals surface area contributed by atoms with Crippen LogP contribution in [0.15, 0.2) is 42.9 Å². The number of carbonyl (C=O) groups is 5. The predicted molar refractivity (Wildman–Crippen MR) is 140 cm³/mol. The summed E-state index contributed by atoms with van der Waals surface area (Å²) < 4.78 is 0. The van der Waals surface area contributed by atoms with E-state index >= 15 is 0 Å². The van der Waals surface area contributed by atoms with Crippen LogP contribution < -0.4 is 21.7 Å². The minimum absolute atomic E-state index is 0.00893. The van der Waals surface area contributed by atoms with E-state index in [0.717, 1.165) is 0 Å². The van der Waals surface area contributed by atoms with Crippen molar-refractivity contribution in [3.05, 3.63) is 54.1 Å². The van der Waals surface area contributed by atoms with Crippen LogP contribution in [0, 0.1) is 5.92 Å². The molecule has 13 heteroatoms. The highest BCUT2D eigenvalue weighted by molar-refractivity contribution is 5.94. The van der Waals surface area contributed by atoms with E-state index in [1.165, 1.54) is 12.5 Å². The van der Waals surface area contributed by atoms with Crippen LogP contribution in [0.2, 0.25) is 0 Å². The second-order valence-corrected chi connectivity index (χ2v) is 9.66. The third-order valence-electron chi connectivity index (χ3n) is 5.85. The summed E-state index contributed by atoms with van der Waals surface area (Å²) in [5, 5.41) is 26.3. The summed E-state index contributed by atoms with van der Waals surface area (Å²) in [6, 6.07) is 3.90. The number of carboxylic acids is 2. The number of imidazole rings is 1. The van der Waals surface area contributed by atoms with Gasteiger partial charge < -0.3 is 36.9 Å². The number of nitrogens with zero attached hydrogens (tertiary/aromatic N) is 1. The molecule has 0 aliphatic heterocycles. The normalized spacial score (nSPS) is 14.1. The Hall–Kier alpha value is -4.26. The second-order valence-electron chi connectivity index (χ2n) is 9.66. The van der Waals surface area contributed by atoms with Crippen LogP contribution in [-0.4, -0.2) is 74.0 Å². The SMILES string of the molecule is CC(C)CC(N)C(=O)NC(Cc1cnc[nH]1)C(=O)NC(CCC(=O)O)C(=O)NC(Cc1ccccc1)C(=O)O. The van der Waals surface area contributed by atoms with E-state index in [1.807, 2.05) is 13.8 Å². The molecular formula is C26H36N6O7. The van der Waals surface area contributed by atoms with Gasteiger partial charge in [0.15, 0.2) is 0 Å². The number of carbonyl (C=O) groups excluding carboxylic acids is 3. The highest BCUT2D eigenvalue weighted by atomic mass is 16.4. The highest BCUT2D eigenvalue weighted by Crippen LogP contribution is 2.08. The number of nitrogens with one attached hydrogen (secondary N) is 4. The molecule has 0 radical (unpaired) electrons. The van der Waals surface area contributed by atoms with Gasteiger partial charge in [0, 0.05) is 31.2 Å². The summed E-state index contributed by atoms with van der Waals surface area (Å²) in [6.07, 6.45) is 2.45. The number of hydrogen-bond donors (Lipinski definition) is 7. The van der Waals surface area contributed by atoms with Crippen molar-refractivity contribution in [3.8, 4) is 0 Å². The van der Waals surface area contributed by atoms with Gasteiger partial charge in [-0.15, -0.1) is 0 Å². The van der Waals surface area contributed by atoms with E-state index in [4.69, 9.17) is 10.8 Å². The number of rotatable bonds is 16. The van der Waals surface area contributed by atoms with Crippen LogP contribution in [0.4, 0.5) is 0 Å². The van der Waals surface area contributed by atoms with Gasteiger partial charge in [0.25, 0.3) is 0 Å². The summed E-state index contributed by atoms with van der Waals surface area (Å²) >= 11 is 0. The van der Waals surface area contributed by atoms with Gasteiger partial charge in [-0.05, 0) is 24.3 Å². The standard InChI is InChI=1S/C26H36N6O7/c1-15(2)10-18(27)23(35)31-20(12-17-13-28-14-29-17)25(37)30-19(8-9-22(33)34)24(36)32-21(26(38)39)11-16-6-4-3-5-7-16/h3-7,13-15,18-21H,8-12,27H2,1-2H3,(H,28,29)(H,30,37)(H,31,35)(H,32,36)(H,33,34)(H,38,39). The number of aromatic nitrogens is 2. The van der Waals surface area contributed by atoms with Gasteiger partial charge in [0.1, 0.15) is 18.1 Å². The Morgan fingerprint density at radius 2 is 1.51 bits per heavy atom. The second kappa shape index (κ2) is 15.2.